The Hall–Kier alpha value is -2.64. The summed E-state index contributed by atoms with van der Waals surface area (Å²) in [6.45, 7) is 3.79. The fraction of sp³-hybridized carbons (Fsp3) is 0.333. The van der Waals surface area contributed by atoms with Crippen molar-refractivity contribution in [1.82, 2.24) is 10.2 Å². The highest BCUT2D eigenvalue weighted by Crippen LogP contribution is 2.42. The normalized spacial score (nSPS) is 17.8. The number of hydrogen-bond donors (Lipinski definition) is 1. The fourth-order valence-electron chi connectivity index (χ4n) is 3.89. The first-order valence-electron chi connectivity index (χ1n) is 10.7. The molecule has 0 atom stereocenters. The molecule has 2 aliphatic heterocycles. The summed E-state index contributed by atoms with van der Waals surface area (Å²) >= 11 is 1.30. The summed E-state index contributed by atoms with van der Waals surface area (Å²) in [6, 6.07) is 13.8. The van der Waals surface area contributed by atoms with Crippen LogP contribution in [0.2, 0.25) is 0 Å². The van der Waals surface area contributed by atoms with Gasteiger partial charge in [0.25, 0.3) is 5.91 Å². The van der Waals surface area contributed by atoms with Crippen molar-refractivity contribution in [2.45, 2.75) is 24.2 Å². The molecule has 4 rings (SSSR count). The fourth-order valence-corrected chi connectivity index (χ4v) is 4.94. The third-order valence-electron chi connectivity index (χ3n) is 5.50. The summed E-state index contributed by atoms with van der Waals surface area (Å²) in [7, 11) is 0. The van der Waals surface area contributed by atoms with Crippen LogP contribution in [0.3, 0.4) is 0 Å². The van der Waals surface area contributed by atoms with Gasteiger partial charge < -0.3 is 10.2 Å². The Morgan fingerprint density at radius 2 is 1.84 bits per heavy atom. The molecule has 0 spiro atoms. The molecule has 1 fully saturated rings. The lowest BCUT2D eigenvalue weighted by molar-refractivity contribution is -0.122. The third kappa shape index (κ3) is 5.35. The number of anilines is 1. The zero-order valence-corrected chi connectivity index (χ0v) is 18.2. The standard InChI is InChI=1S/C24H26FN3O2S/c25-19-9-2-1-8-18(19)16-22-24(30)28(20-10-3-4-11-21(20)31-22)17-23(29)26-12-7-15-27-13-5-6-14-27/h1-4,8-11,16H,5-7,12-15,17H2,(H,26,29)/b22-16-. The first-order valence-corrected chi connectivity index (χ1v) is 11.5. The Morgan fingerprint density at radius 3 is 2.65 bits per heavy atom. The number of thioether (sulfide) groups is 1. The Balaban J connectivity index is 1.44. The number of likely N-dealkylation sites (tertiary alicyclic amines) is 1. The molecule has 1 saturated heterocycles. The van der Waals surface area contributed by atoms with E-state index >= 15 is 0 Å². The van der Waals surface area contributed by atoms with Gasteiger partial charge in [-0.2, -0.15) is 0 Å². The van der Waals surface area contributed by atoms with Crippen LogP contribution in [-0.4, -0.2) is 49.4 Å². The van der Waals surface area contributed by atoms with Gasteiger partial charge in [-0.3, -0.25) is 14.5 Å². The maximum atomic E-state index is 14.1. The Morgan fingerprint density at radius 1 is 1.10 bits per heavy atom. The van der Waals surface area contributed by atoms with E-state index in [0.717, 1.165) is 31.0 Å². The Bertz CT molecular complexity index is 988. The second kappa shape index (κ2) is 10.1. The molecule has 162 valence electrons. The van der Waals surface area contributed by atoms with E-state index in [2.05, 4.69) is 10.2 Å². The number of halogens is 1. The lowest BCUT2D eigenvalue weighted by Crippen LogP contribution is -2.43. The van der Waals surface area contributed by atoms with E-state index in [1.165, 1.54) is 35.6 Å². The average Bonchev–Trinajstić information content (AvgIpc) is 3.29. The highest BCUT2D eigenvalue weighted by atomic mass is 32.2. The highest BCUT2D eigenvalue weighted by Gasteiger charge is 2.30. The predicted molar refractivity (Wildman–Crippen MR) is 122 cm³/mol. The van der Waals surface area contributed by atoms with E-state index < -0.39 is 0 Å². The number of para-hydroxylation sites is 1. The first-order chi connectivity index (χ1) is 15.1. The summed E-state index contributed by atoms with van der Waals surface area (Å²) in [5, 5.41) is 2.93. The number of carbonyl (C=O) groups excluding carboxylic acids is 2. The maximum absolute atomic E-state index is 14.1. The van der Waals surface area contributed by atoms with Gasteiger partial charge in [-0.25, -0.2) is 4.39 Å². The Kier molecular flexibility index (Phi) is 7.04. The molecule has 2 aliphatic rings. The van der Waals surface area contributed by atoms with Gasteiger partial charge in [-0.05, 0) is 63.2 Å². The maximum Gasteiger partial charge on any atom is 0.265 e. The quantitative estimate of drug-likeness (QED) is 0.525. The lowest BCUT2D eigenvalue weighted by Gasteiger charge is -2.29. The molecule has 0 aromatic heterocycles. The molecule has 1 N–H and O–H groups in total. The van der Waals surface area contributed by atoms with E-state index in [1.807, 2.05) is 24.3 Å². The molecule has 5 nitrogen and oxygen atoms in total. The molecule has 0 bridgehead atoms. The SMILES string of the molecule is O=C(CN1C(=O)/C(=C/c2ccccc2F)Sc2ccccc21)NCCCN1CCCC1. The average molecular weight is 440 g/mol. The summed E-state index contributed by atoms with van der Waals surface area (Å²) in [4.78, 5) is 30.9. The molecule has 31 heavy (non-hydrogen) atoms. The van der Waals surface area contributed by atoms with Crippen LogP contribution in [0.15, 0.2) is 58.3 Å². The van der Waals surface area contributed by atoms with Gasteiger partial charge in [0.15, 0.2) is 0 Å². The highest BCUT2D eigenvalue weighted by molar-refractivity contribution is 8.04. The summed E-state index contributed by atoms with van der Waals surface area (Å²) in [5.74, 6) is -0.870. The smallest absolute Gasteiger partial charge is 0.265 e. The van der Waals surface area contributed by atoms with Crippen molar-refractivity contribution in [2.24, 2.45) is 0 Å². The monoisotopic (exact) mass is 439 g/mol. The van der Waals surface area contributed by atoms with E-state index in [1.54, 1.807) is 24.3 Å². The number of benzene rings is 2. The first kappa shape index (κ1) is 21.6. The predicted octanol–water partition coefficient (Wildman–Crippen LogP) is 3.91. The van der Waals surface area contributed by atoms with E-state index in [0.29, 0.717) is 22.7 Å². The van der Waals surface area contributed by atoms with Crippen LogP contribution in [0.5, 0.6) is 0 Å². The number of amides is 2. The molecule has 2 aromatic carbocycles. The molecule has 0 saturated carbocycles. The molecule has 0 aliphatic carbocycles. The zero-order chi connectivity index (χ0) is 21.6. The minimum atomic E-state index is -0.385. The topological polar surface area (TPSA) is 52.7 Å². The number of nitrogens with one attached hydrogen (secondary N) is 1. The van der Waals surface area contributed by atoms with Gasteiger partial charge in [-0.15, -0.1) is 0 Å². The van der Waals surface area contributed by atoms with Crippen LogP contribution in [0.1, 0.15) is 24.8 Å². The molecular weight excluding hydrogens is 413 g/mol. The van der Waals surface area contributed by atoms with Gasteiger partial charge in [0.1, 0.15) is 12.4 Å². The molecule has 7 heteroatoms. The minimum absolute atomic E-state index is 0.0608. The number of nitrogens with zero attached hydrogens (tertiary/aromatic N) is 2. The summed E-state index contributed by atoms with van der Waals surface area (Å²) in [6.07, 6.45) is 4.96. The molecule has 2 heterocycles. The number of carbonyl (C=O) groups is 2. The molecule has 2 amide bonds. The van der Waals surface area contributed by atoms with E-state index in [4.69, 9.17) is 0 Å². The minimum Gasteiger partial charge on any atom is -0.355 e. The van der Waals surface area contributed by atoms with Gasteiger partial charge in [0.05, 0.1) is 10.6 Å². The van der Waals surface area contributed by atoms with Gasteiger partial charge in [0, 0.05) is 17.0 Å². The second-order valence-corrected chi connectivity index (χ2v) is 8.83. The third-order valence-corrected chi connectivity index (χ3v) is 6.57. The van der Waals surface area contributed by atoms with Crippen LogP contribution < -0.4 is 10.2 Å². The van der Waals surface area contributed by atoms with Crippen molar-refractivity contribution >= 4 is 35.3 Å². The largest absolute Gasteiger partial charge is 0.355 e. The van der Waals surface area contributed by atoms with E-state index in [-0.39, 0.29) is 24.2 Å². The summed E-state index contributed by atoms with van der Waals surface area (Å²) < 4.78 is 14.1. The van der Waals surface area contributed by atoms with Crippen molar-refractivity contribution in [3.8, 4) is 0 Å². The van der Waals surface area contributed by atoms with Crippen LogP contribution in [0, 0.1) is 5.82 Å². The van der Waals surface area contributed by atoms with Crippen molar-refractivity contribution in [2.75, 3.05) is 37.6 Å². The Labute approximate surface area is 186 Å². The number of fused-ring (bicyclic) bond motifs is 1. The van der Waals surface area contributed by atoms with Crippen LogP contribution in [0.25, 0.3) is 6.08 Å². The van der Waals surface area contributed by atoms with Crippen LogP contribution >= 0.6 is 11.8 Å². The molecule has 0 unspecified atom stereocenters. The van der Waals surface area contributed by atoms with Crippen molar-refractivity contribution in [3.63, 3.8) is 0 Å². The number of rotatable bonds is 7. The van der Waals surface area contributed by atoms with E-state index in [9.17, 15) is 14.0 Å². The van der Waals surface area contributed by atoms with Crippen LogP contribution in [-0.2, 0) is 9.59 Å². The van der Waals surface area contributed by atoms with Crippen molar-refractivity contribution < 1.29 is 14.0 Å². The van der Waals surface area contributed by atoms with Crippen molar-refractivity contribution in [1.29, 1.82) is 0 Å². The van der Waals surface area contributed by atoms with Crippen LogP contribution in [0.4, 0.5) is 10.1 Å². The lowest BCUT2D eigenvalue weighted by atomic mass is 10.2. The van der Waals surface area contributed by atoms with Gasteiger partial charge in [-0.1, -0.05) is 42.1 Å². The molecule has 0 radical (unpaired) electrons. The zero-order valence-electron chi connectivity index (χ0n) is 17.4. The second-order valence-electron chi connectivity index (χ2n) is 7.74. The summed E-state index contributed by atoms with van der Waals surface area (Å²) in [5.41, 5.74) is 1.06. The van der Waals surface area contributed by atoms with Gasteiger partial charge >= 0.3 is 0 Å². The molecule has 2 aromatic rings. The van der Waals surface area contributed by atoms with Gasteiger partial charge in [0.2, 0.25) is 5.91 Å². The van der Waals surface area contributed by atoms with Crippen molar-refractivity contribution in [3.05, 3.63) is 64.8 Å². The molecular formula is C24H26FN3O2S. The number of hydrogen-bond acceptors (Lipinski definition) is 4.